The molecule has 2 rings (SSSR count). The van der Waals surface area contributed by atoms with Gasteiger partial charge in [0.1, 0.15) is 5.60 Å². The summed E-state index contributed by atoms with van der Waals surface area (Å²) < 4.78 is 15.4. The molecule has 0 aromatic rings. The van der Waals surface area contributed by atoms with E-state index in [2.05, 4.69) is 5.32 Å². The van der Waals surface area contributed by atoms with Gasteiger partial charge in [0.15, 0.2) is 5.92 Å². The maximum absolute atomic E-state index is 12.0. The second kappa shape index (κ2) is 6.45. The highest BCUT2D eigenvalue weighted by Gasteiger charge is 2.44. The van der Waals surface area contributed by atoms with Crippen LogP contribution in [-0.4, -0.2) is 35.5 Å². The number of esters is 2. The molecule has 24 heavy (non-hydrogen) atoms. The van der Waals surface area contributed by atoms with Gasteiger partial charge >= 0.3 is 18.0 Å². The van der Waals surface area contributed by atoms with E-state index in [0.717, 1.165) is 0 Å². The summed E-state index contributed by atoms with van der Waals surface area (Å²) in [6.07, 6.45) is 4.15. The van der Waals surface area contributed by atoms with Gasteiger partial charge in [-0.25, -0.2) is 4.79 Å². The molecule has 0 aromatic carbocycles. The average molecular weight is 339 g/mol. The van der Waals surface area contributed by atoms with Gasteiger partial charge in [-0.1, -0.05) is 12.2 Å². The molecule has 1 aliphatic carbocycles. The first-order valence-electron chi connectivity index (χ1n) is 8.09. The molecule has 1 heterocycles. The molecule has 7 heteroatoms. The van der Waals surface area contributed by atoms with Crippen molar-refractivity contribution in [1.29, 1.82) is 0 Å². The summed E-state index contributed by atoms with van der Waals surface area (Å²) in [5.41, 5.74) is -0.561. The van der Waals surface area contributed by atoms with Gasteiger partial charge in [-0.3, -0.25) is 9.59 Å². The molecule has 0 saturated carbocycles. The molecule has 7 nitrogen and oxygen atoms in total. The van der Waals surface area contributed by atoms with Crippen molar-refractivity contribution >= 4 is 18.0 Å². The first-order valence-corrected chi connectivity index (χ1v) is 8.09. The fourth-order valence-corrected chi connectivity index (χ4v) is 2.75. The first kappa shape index (κ1) is 18.3. The molecule has 0 radical (unpaired) electrons. The number of rotatable bonds is 3. The minimum absolute atomic E-state index is 0.0174. The van der Waals surface area contributed by atoms with Crippen molar-refractivity contribution in [2.75, 3.05) is 0 Å². The molecule has 2 aliphatic rings. The Morgan fingerprint density at radius 2 is 1.83 bits per heavy atom. The van der Waals surface area contributed by atoms with Crippen LogP contribution in [0.1, 0.15) is 47.5 Å². The number of nitrogens with one attached hydrogen (secondary N) is 1. The fraction of sp³-hybridized carbons (Fsp3) is 0.706. The molecular formula is C17H25NO6. The summed E-state index contributed by atoms with van der Waals surface area (Å²) in [7, 11) is 0. The zero-order valence-corrected chi connectivity index (χ0v) is 14.8. The summed E-state index contributed by atoms with van der Waals surface area (Å²) >= 11 is 0. The van der Waals surface area contributed by atoms with Crippen molar-refractivity contribution in [3.05, 3.63) is 12.2 Å². The maximum Gasteiger partial charge on any atom is 0.408 e. The average Bonchev–Trinajstić information content (AvgIpc) is 2.77. The maximum atomic E-state index is 12.0. The van der Waals surface area contributed by atoms with Crippen LogP contribution in [0.5, 0.6) is 0 Å². The highest BCUT2D eigenvalue weighted by atomic mass is 16.7. The van der Waals surface area contributed by atoms with Gasteiger partial charge in [0.2, 0.25) is 0 Å². The van der Waals surface area contributed by atoms with Gasteiger partial charge in [-0.2, -0.15) is 0 Å². The second-order valence-electron chi connectivity index (χ2n) is 7.66. The minimum Gasteiger partial charge on any atom is -0.444 e. The highest BCUT2D eigenvalue weighted by Crippen LogP contribution is 2.31. The Hall–Kier alpha value is -2.05. The monoisotopic (exact) mass is 339 g/mol. The van der Waals surface area contributed by atoms with E-state index in [9.17, 15) is 14.4 Å². The van der Waals surface area contributed by atoms with Crippen LogP contribution < -0.4 is 5.32 Å². The lowest BCUT2D eigenvalue weighted by Crippen LogP contribution is -2.46. The predicted molar refractivity (Wildman–Crippen MR) is 84.8 cm³/mol. The third kappa shape index (κ3) is 4.97. The minimum atomic E-state index is -1.21. The Kier molecular flexibility index (Phi) is 4.92. The Balaban J connectivity index is 1.84. The molecule has 1 fully saturated rings. The summed E-state index contributed by atoms with van der Waals surface area (Å²) in [5, 5.41) is 2.76. The third-order valence-corrected chi connectivity index (χ3v) is 3.67. The van der Waals surface area contributed by atoms with Gasteiger partial charge in [0.25, 0.3) is 5.79 Å². The smallest absolute Gasteiger partial charge is 0.408 e. The molecule has 0 aromatic heterocycles. The Morgan fingerprint density at radius 3 is 2.38 bits per heavy atom. The zero-order chi connectivity index (χ0) is 18.1. The summed E-state index contributed by atoms with van der Waals surface area (Å²) in [6, 6.07) is -0.183. The summed E-state index contributed by atoms with van der Waals surface area (Å²) in [5.74, 6) is -3.28. The molecule has 1 N–H and O–H groups in total. The van der Waals surface area contributed by atoms with Crippen LogP contribution in [-0.2, 0) is 23.8 Å². The number of alkyl carbamates (subject to hydrolysis) is 1. The van der Waals surface area contributed by atoms with Crippen LogP contribution in [0.3, 0.4) is 0 Å². The largest absolute Gasteiger partial charge is 0.444 e. The quantitative estimate of drug-likeness (QED) is 0.482. The first-order chi connectivity index (χ1) is 11.0. The molecule has 1 amide bonds. The van der Waals surface area contributed by atoms with Crippen molar-refractivity contribution < 1.29 is 28.6 Å². The molecule has 0 spiro atoms. The number of hydrogen-bond acceptors (Lipinski definition) is 6. The Labute approximate surface area is 141 Å². The number of amides is 1. The number of carbonyl (C=O) groups is 3. The Bertz CT molecular complexity index is 540. The zero-order valence-electron chi connectivity index (χ0n) is 14.8. The number of cyclic esters (lactones) is 2. The van der Waals surface area contributed by atoms with Crippen LogP contribution in [0.15, 0.2) is 12.2 Å². The van der Waals surface area contributed by atoms with Crippen molar-refractivity contribution in [2.24, 2.45) is 11.8 Å². The van der Waals surface area contributed by atoms with E-state index in [-0.39, 0.29) is 12.0 Å². The van der Waals surface area contributed by atoms with Gasteiger partial charge in [0.05, 0.1) is 6.04 Å². The van der Waals surface area contributed by atoms with E-state index in [0.29, 0.717) is 12.8 Å². The lowest BCUT2D eigenvalue weighted by molar-refractivity contribution is -0.240. The number of ether oxygens (including phenoxy) is 3. The highest BCUT2D eigenvalue weighted by molar-refractivity contribution is 5.96. The summed E-state index contributed by atoms with van der Waals surface area (Å²) in [6.45, 7) is 8.43. The SMILES string of the molecule is CC(C)(C)OC(=O)NC1C=CC(CC2C(=O)OC(C)(C)OC2=O)C1. The van der Waals surface area contributed by atoms with Crippen molar-refractivity contribution in [2.45, 2.75) is 64.9 Å². The van der Waals surface area contributed by atoms with Gasteiger partial charge in [-0.15, -0.1) is 0 Å². The van der Waals surface area contributed by atoms with Crippen LogP contribution in [0.2, 0.25) is 0 Å². The lowest BCUT2D eigenvalue weighted by atomic mass is 9.92. The number of carbonyl (C=O) groups excluding carboxylic acids is 3. The third-order valence-electron chi connectivity index (χ3n) is 3.67. The second-order valence-corrected chi connectivity index (χ2v) is 7.66. The van der Waals surface area contributed by atoms with Crippen LogP contribution in [0.25, 0.3) is 0 Å². The Morgan fingerprint density at radius 1 is 1.25 bits per heavy atom. The topological polar surface area (TPSA) is 90.9 Å². The summed E-state index contributed by atoms with van der Waals surface area (Å²) in [4.78, 5) is 35.7. The van der Waals surface area contributed by atoms with Crippen molar-refractivity contribution in [3.8, 4) is 0 Å². The van der Waals surface area contributed by atoms with E-state index in [1.54, 1.807) is 20.8 Å². The molecule has 2 unspecified atom stereocenters. The molecule has 1 aliphatic heterocycles. The number of hydrogen-bond donors (Lipinski definition) is 1. The number of allylic oxidation sites excluding steroid dienone is 1. The fourth-order valence-electron chi connectivity index (χ4n) is 2.75. The van der Waals surface area contributed by atoms with Crippen molar-refractivity contribution in [3.63, 3.8) is 0 Å². The molecule has 134 valence electrons. The molecule has 0 bridgehead atoms. The predicted octanol–water partition coefficient (Wildman–Crippen LogP) is 2.30. The molecular weight excluding hydrogens is 314 g/mol. The van der Waals surface area contributed by atoms with Crippen LogP contribution >= 0.6 is 0 Å². The van der Waals surface area contributed by atoms with E-state index in [1.807, 2.05) is 12.2 Å². The standard InChI is InChI=1S/C17H25NO6/c1-16(2,3)24-15(21)18-11-7-6-10(8-11)9-12-13(19)22-17(4,5)23-14(12)20/h6-7,10-12H,8-9H2,1-5H3,(H,18,21). The van der Waals surface area contributed by atoms with Gasteiger partial charge in [0, 0.05) is 13.8 Å². The lowest BCUT2D eigenvalue weighted by Gasteiger charge is -2.33. The van der Waals surface area contributed by atoms with Gasteiger partial charge < -0.3 is 19.5 Å². The normalized spacial score (nSPS) is 26.7. The van der Waals surface area contributed by atoms with E-state index in [4.69, 9.17) is 14.2 Å². The van der Waals surface area contributed by atoms with Crippen LogP contribution in [0, 0.1) is 11.8 Å². The van der Waals surface area contributed by atoms with E-state index in [1.165, 1.54) is 13.8 Å². The van der Waals surface area contributed by atoms with Crippen molar-refractivity contribution in [1.82, 2.24) is 5.32 Å². The van der Waals surface area contributed by atoms with E-state index >= 15 is 0 Å². The van der Waals surface area contributed by atoms with Crippen LogP contribution in [0.4, 0.5) is 4.79 Å². The van der Waals surface area contributed by atoms with Gasteiger partial charge in [-0.05, 0) is 39.5 Å². The van der Waals surface area contributed by atoms with E-state index < -0.39 is 35.3 Å². The molecule has 1 saturated heterocycles. The molecule has 2 atom stereocenters.